The van der Waals surface area contributed by atoms with Crippen LogP contribution in [0.2, 0.25) is 0 Å². The Morgan fingerprint density at radius 3 is 2.48 bits per heavy atom. The maximum Gasteiger partial charge on any atom is 0.410 e. The molecular weight excluding hydrogens is 292 g/mol. The molecule has 1 aliphatic rings. The van der Waals surface area contributed by atoms with Crippen LogP contribution in [-0.4, -0.2) is 34.8 Å². The van der Waals surface area contributed by atoms with Gasteiger partial charge in [-0.05, 0) is 45.6 Å². The zero-order valence-electron chi connectivity index (χ0n) is 14.0. The average molecular weight is 316 g/mol. The second-order valence-corrected chi connectivity index (χ2v) is 7.01. The van der Waals surface area contributed by atoms with Gasteiger partial charge >= 0.3 is 6.09 Å². The molecule has 1 aromatic rings. The fourth-order valence-electron chi connectivity index (χ4n) is 2.76. The van der Waals surface area contributed by atoms with Crippen LogP contribution in [0.15, 0.2) is 24.3 Å². The molecule has 23 heavy (non-hydrogen) atoms. The summed E-state index contributed by atoms with van der Waals surface area (Å²) in [6.07, 6.45) is 1.43. The number of rotatable bonds is 1. The molecule has 0 aliphatic carbocycles. The lowest BCUT2D eigenvalue weighted by Gasteiger charge is -2.28. The van der Waals surface area contributed by atoms with Gasteiger partial charge in [-0.3, -0.25) is 0 Å². The third kappa shape index (κ3) is 4.46. The minimum absolute atomic E-state index is 0.329. The molecule has 0 aromatic heterocycles. The normalized spacial score (nSPS) is 22.1. The predicted octanol–water partition coefficient (Wildman–Crippen LogP) is 3.85. The van der Waals surface area contributed by atoms with Crippen LogP contribution >= 0.6 is 0 Å². The van der Waals surface area contributed by atoms with Crippen molar-refractivity contribution in [3.8, 4) is 0 Å². The summed E-state index contributed by atoms with van der Waals surface area (Å²) in [4.78, 5) is 17.2. The van der Waals surface area contributed by atoms with E-state index in [9.17, 15) is 9.90 Å². The molecule has 1 aliphatic heterocycles. The smallest absolute Gasteiger partial charge is 0.410 e. The first-order chi connectivity index (χ1) is 10.7. The quantitative estimate of drug-likeness (QED) is 0.801. The summed E-state index contributed by atoms with van der Waals surface area (Å²) in [5, 5.41) is 11.0. The van der Waals surface area contributed by atoms with Crippen LogP contribution in [-0.2, 0) is 10.3 Å². The van der Waals surface area contributed by atoms with E-state index in [0.717, 1.165) is 5.56 Å². The fraction of sp³-hybridized carbons (Fsp3) is 0.556. The number of hydrogen-bond donors (Lipinski definition) is 1. The van der Waals surface area contributed by atoms with Crippen molar-refractivity contribution in [3.05, 3.63) is 41.2 Å². The van der Waals surface area contributed by atoms with Gasteiger partial charge < -0.3 is 14.7 Å². The molecule has 1 atom stereocenters. The van der Waals surface area contributed by atoms with Gasteiger partial charge in [0.15, 0.2) is 5.69 Å². The number of carbonyl (C=O) groups excluding carboxylic acids is 1. The van der Waals surface area contributed by atoms with Crippen LogP contribution in [0.25, 0.3) is 4.85 Å². The monoisotopic (exact) mass is 316 g/mol. The zero-order valence-corrected chi connectivity index (χ0v) is 14.0. The minimum atomic E-state index is -0.961. The molecule has 5 heteroatoms. The maximum absolute atomic E-state index is 12.2. The van der Waals surface area contributed by atoms with E-state index in [1.807, 2.05) is 20.8 Å². The Kier molecular flexibility index (Phi) is 4.96. The molecule has 124 valence electrons. The van der Waals surface area contributed by atoms with Gasteiger partial charge in [-0.1, -0.05) is 24.3 Å². The number of aliphatic hydroxyl groups is 1. The van der Waals surface area contributed by atoms with Gasteiger partial charge in [0.25, 0.3) is 0 Å². The summed E-state index contributed by atoms with van der Waals surface area (Å²) in [6.45, 7) is 13.6. The highest BCUT2D eigenvalue weighted by Gasteiger charge is 2.34. The summed E-state index contributed by atoms with van der Waals surface area (Å²) in [5.74, 6) is 0. The van der Waals surface area contributed by atoms with Crippen molar-refractivity contribution in [2.75, 3.05) is 13.1 Å². The number of hydrogen-bond acceptors (Lipinski definition) is 3. The lowest BCUT2D eigenvalue weighted by molar-refractivity contribution is 0.0129. The second-order valence-electron chi connectivity index (χ2n) is 7.01. The van der Waals surface area contributed by atoms with Crippen molar-refractivity contribution in [1.29, 1.82) is 0 Å². The summed E-state index contributed by atoms with van der Waals surface area (Å²) in [6, 6.07) is 7.04. The second kappa shape index (κ2) is 6.59. The van der Waals surface area contributed by atoms with Gasteiger partial charge in [-0.25, -0.2) is 9.64 Å². The Hall–Kier alpha value is -2.06. The SMILES string of the molecule is [C-]#[N+]c1ccc(C2(O)CCCN(C(=O)OC(C)(C)C)CC2)cc1. The molecule has 0 radical (unpaired) electrons. The molecule has 1 unspecified atom stereocenters. The van der Waals surface area contributed by atoms with Crippen LogP contribution in [0.4, 0.5) is 10.5 Å². The summed E-state index contributed by atoms with van der Waals surface area (Å²) >= 11 is 0. The number of benzene rings is 1. The molecule has 0 spiro atoms. The summed E-state index contributed by atoms with van der Waals surface area (Å²) < 4.78 is 5.41. The number of likely N-dealkylation sites (tertiary alicyclic amines) is 1. The third-order valence-corrected chi connectivity index (χ3v) is 4.00. The van der Waals surface area contributed by atoms with Crippen LogP contribution in [0.1, 0.15) is 45.6 Å². The maximum atomic E-state index is 12.2. The van der Waals surface area contributed by atoms with Crippen molar-refractivity contribution in [2.45, 2.75) is 51.2 Å². The largest absolute Gasteiger partial charge is 0.444 e. The number of carbonyl (C=O) groups is 1. The minimum Gasteiger partial charge on any atom is -0.444 e. The molecule has 1 fully saturated rings. The van der Waals surface area contributed by atoms with Gasteiger partial charge in [-0.15, -0.1) is 0 Å². The topological polar surface area (TPSA) is 54.1 Å². The van der Waals surface area contributed by atoms with Crippen molar-refractivity contribution < 1.29 is 14.6 Å². The van der Waals surface area contributed by atoms with E-state index in [-0.39, 0.29) is 6.09 Å². The van der Waals surface area contributed by atoms with E-state index in [1.54, 1.807) is 29.2 Å². The summed E-state index contributed by atoms with van der Waals surface area (Å²) in [5.41, 5.74) is -0.121. The molecule has 1 heterocycles. The van der Waals surface area contributed by atoms with E-state index in [2.05, 4.69) is 4.85 Å². The lowest BCUT2D eigenvalue weighted by Crippen LogP contribution is -2.38. The van der Waals surface area contributed by atoms with Gasteiger partial charge in [0.2, 0.25) is 0 Å². The van der Waals surface area contributed by atoms with E-state index in [0.29, 0.717) is 38.0 Å². The molecule has 0 bridgehead atoms. The Morgan fingerprint density at radius 1 is 1.26 bits per heavy atom. The average Bonchev–Trinajstić information content (AvgIpc) is 2.69. The molecule has 2 rings (SSSR count). The highest BCUT2D eigenvalue weighted by atomic mass is 16.6. The zero-order chi connectivity index (χ0) is 17.1. The first-order valence-electron chi connectivity index (χ1n) is 7.92. The number of amides is 1. The van der Waals surface area contributed by atoms with Crippen LogP contribution in [0, 0.1) is 6.57 Å². The highest BCUT2D eigenvalue weighted by Crippen LogP contribution is 2.34. The number of nitrogens with zero attached hydrogens (tertiary/aromatic N) is 2. The molecule has 1 saturated heterocycles. The highest BCUT2D eigenvalue weighted by molar-refractivity contribution is 5.68. The first-order valence-corrected chi connectivity index (χ1v) is 7.92. The van der Waals surface area contributed by atoms with Crippen molar-refractivity contribution in [1.82, 2.24) is 4.90 Å². The van der Waals surface area contributed by atoms with Crippen LogP contribution in [0.5, 0.6) is 0 Å². The number of ether oxygens (including phenoxy) is 1. The van der Waals surface area contributed by atoms with Crippen LogP contribution < -0.4 is 0 Å². The Labute approximate surface area is 137 Å². The predicted molar refractivity (Wildman–Crippen MR) is 88.3 cm³/mol. The summed E-state index contributed by atoms with van der Waals surface area (Å²) in [7, 11) is 0. The molecular formula is C18H24N2O3. The van der Waals surface area contributed by atoms with Gasteiger partial charge in [0.05, 0.1) is 12.2 Å². The molecule has 1 aromatic carbocycles. The van der Waals surface area contributed by atoms with E-state index < -0.39 is 11.2 Å². The van der Waals surface area contributed by atoms with Crippen molar-refractivity contribution in [3.63, 3.8) is 0 Å². The Bertz CT molecular complexity index is 598. The first kappa shape index (κ1) is 17.3. The Balaban J connectivity index is 2.07. The molecule has 1 amide bonds. The van der Waals surface area contributed by atoms with Crippen molar-refractivity contribution in [2.24, 2.45) is 0 Å². The molecule has 5 nitrogen and oxygen atoms in total. The fourth-order valence-corrected chi connectivity index (χ4v) is 2.76. The van der Waals surface area contributed by atoms with Gasteiger partial charge in [-0.2, -0.15) is 0 Å². The Morgan fingerprint density at radius 2 is 1.91 bits per heavy atom. The molecule has 0 saturated carbocycles. The lowest BCUT2D eigenvalue weighted by atomic mass is 9.87. The standard InChI is InChI=1S/C18H24N2O3/c1-17(2,3)23-16(21)20-12-5-10-18(22,11-13-20)14-6-8-15(19-4)9-7-14/h6-9,22H,5,10-13H2,1-3H3. The van der Waals surface area contributed by atoms with Gasteiger partial charge in [0.1, 0.15) is 5.60 Å². The van der Waals surface area contributed by atoms with Gasteiger partial charge in [0, 0.05) is 13.1 Å². The van der Waals surface area contributed by atoms with E-state index in [4.69, 9.17) is 11.3 Å². The van der Waals surface area contributed by atoms with Crippen LogP contribution in [0.3, 0.4) is 0 Å². The van der Waals surface area contributed by atoms with Crippen molar-refractivity contribution >= 4 is 11.8 Å². The molecule has 1 N–H and O–H groups in total. The van der Waals surface area contributed by atoms with E-state index >= 15 is 0 Å². The van der Waals surface area contributed by atoms with E-state index in [1.165, 1.54) is 0 Å². The third-order valence-electron chi connectivity index (χ3n) is 4.00.